The van der Waals surface area contributed by atoms with E-state index in [-0.39, 0.29) is 5.15 Å². The molecule has 24 heavy (non-hydrogen) atoms. The zero-order valence-electron chi connectivity index (χ0n) is 14.1. The number of nitrogens with one attached hydrogen (secondary N) is 1. The van der Waals surface area contributed by atoms with Crippen LogP contribution >= 0.6 is 23.4 Å². The van der Waals surface area contributed by atoms with E-state index >= 15 is 0 Å². The Hall–Kier alpha value is -1.79. The number of rotatable bonds is 6. The third-order valence-electron chi connectivity index (χ3n) is 3.99. The highest BCUT2D eigenvalue weighted by Gasteiger charge is 2.33. The summed E-state index contributed by atoms with van der Waals surface area (Å²) < 4.78 is -0.999. The lowest BCUT2D eigenvalue weighted by atomic mass is 10.1. The minimum Gasteiger partial charge on any atom is -0.480 e. The molecule has 0 aliphatic rings. The summed E-state index contributed by atoms with van der Waals surface area (Å²) in [6.07, 6.45) is 0.447. The first kappa shape index (κ1) is 18.5. The van der Waals surface area contributed by atoms with Gasteiger partial charge in [0.2, 0.25) is 0 Å². The van der Waals surface area contributed by atoms with Crippen LogP contribution < -0.4 is 5.32 Å². The van der Waals surface area contributed by atoms with Crippen LogP contribution in [-0.2, 0) is 4.79 Å². The zero-order valence-corrected chi connectivity index (χ0v) is 15.6. The maximum atomic E-state index is 11.5. The van der Waals surface area contributed by atoms with E-state index in [2.05, 4.69) is 15.3 Å². The van der Waals surface area contributed by atoms with Gasteiger partial charge in [-0.25, -0.2) is 9.97 Å². The number of carbonyl (C=O) groups is 1. The van der Waals surface area contributed by atoms with Gasteiger partial charge in [-0.3, -0.25) is 4.79 Å². The molecule has 1 aromatic heterocycles. The van der Waals surface area contributed by atoms with Gasteiger partial charge in [-0.05, 0) is 44.4 Å². The molecule has 0 fully saturated rings. The van der Waals surface area contributed by atoms with Crippen LogP contribution in [0.3, 0.4) is 0 Å². The summed E-state index contributed by atoms with van der Waals surface area (Å²) in [7, 11) is 0. The molecule has 1 unspecified atom stereocenters. The van der Waals surface area contributed by atoms with Crippen LogP contribution in [0.1, 0.15) is 31.4 Å². The highest BCUT2D eigenvalue weighted by molar-refractivity contribution is 8.01. The molecule has 0 amide bonds. The Balaban J connectivity index is 2.32. The molecule has 2 N–H and O–H groups in total. The molecule has 7 heteroatoms. The number of carboxylic acid groups (broad SMARTS) is 1. The maximum Gasteiger partial charge on any atom is 0.319 e. The molecule has 0 aliphatic heterocycles. The average molecular weight is 366 g/mol. The van der Waals surface area contributed by atoms with Crippen molar-refractivity contribution >= 4 is 40.8 Å². The van der Waals surface area contributed by atoms with Gasteiger partial charge >= 0.3 is 5.97 Å². The predicted molar refractivity (Wildman–Crippen MR) is 98.4 cm³/mol. The van der Waals surface area contributed by atoms with E-state index in [1.807, 2.05) is 39.0 Å². The van der Waals surface area contributed by atoms with Crippen molar-refractivity contribution in [2.75, 3.05) is 5.32 Å². The van der Waals surface area contributed by atoms with Gasteiger partial charge in [0.05, 0.1) is 0 Å². The summed E-state index contributed by atoms with van der Waals surface area (Å²) >= 11 is 7.19. The second-order valence-corrected chi connectivity index (χ2v) is 7.58. The van der Waals surface area contributed by atoms with Gasteiger partial charge in [-0.15, -0.1) is 0 Å². The van der Waals surface area contributed by atoms with E-state index in [4.69, 9.17) is 11.6 Å². The Labute approximate surface area is 150 Å². The summed E-state index contributed by atoms with van der Waals surface area (Å²) in [6.45, 7) is 7.53. The first-order valence-electron chi connectivity index (χ1n) is 7.55. The number of hydrogen-bond donors (Lipinski definition) is 2. The lowest BCUT2D eigenvalue weighted by Crippen LogP contribution is -2.30. The van der Waals surface area contributed by atoms with E-state index < -0.39 is 10.7 Å². The van der Waals surface area contributed by atoms with E-state index in [9.17, 15) is 9.90 Å². The SMILES string of the molecule is CCC(C)(Sc1nc(Cl)cc(Nc2cccc(C)c2C)n1)C(=O)O. The number of anilines is 2. The number of aromatic nitrogens is 2. The molecule has 1 heterocycles. The van der Waals surface area contributed by atoms with Crippen LogP contribution in [0.2, 0.25) is 5.15 Å². The van der Waals surface area contributed by atoms with Crippen molar-refractivity contribution in [1.82, 2.24) is 9.97 Å². The highest BCUT2D eigenvalue weighted by Crippen LogP contribution is 2.35. The first-order chi connectivity index (χ1) is 11.2. The molecule has 1 aromatic carbocycles. The molecular weight excluding hydrogens is 346 g/mol. The van der Waals surface area contributed by atoms with Crippen LogP contribution in [-0.4, -0.2) is 25.8 Å². The summed E-state index contributed by atoms with van der Waals surface area (Å²) in [5.41, 5.74) is 3.21. The number of halogens is 1. The van der Waals surface area contributed by atoms with Crippen LogP contribution in [0.25, 0.3) is 0 Å². The fraction of sp³-hybridized carbons (Fsp3) is 0.353. The minimum atomic E-state index is -0.999. The van der Waals surface area contributed by atoms with Gasteiger partial charge in [0.1, 0.15) is 15.7 Å². The monoisotopic (exact) mass is 365 g/mol. The predicted octanol–water partition coefficient (Wildman–Crippen LogP) is 4.84. The second kappa shape index (κ2) is 7.40. The van der Waals surface area contributed by atoms with E-state index in [1.165, 1.54) is 5.56 Å². The Morgan fingerprint density at radius 2 is 2.08 bits per heavy atom. The van der Waals surface area contributed by atoms with Crippen molar-refractivity contribution in [1.29, 1.82) is 0 Å². The minimum absolute atomic E-state index is 0.268. The van der Waals surface area contributed by atoms with Gasteiger partial charge in [0.25, 0.3) is 0 Å². The van der Waals surface area contributed by atoms with Gasteiger partial charge in [0, 0.05) is 11.8 Å². The van der Waals surface area contributed by atoms with Crippen molar-refractivity contribution in [2.45, 2.75) is 44.0 Å². The van der Waals surface area contributed by atoms with Crippen LogP contribution in [0.15, 0.2) is 29.4 Å². The first-order valence-corrected chi connectivity index (χ1v) is 8.75. The quantitative estimate of drug-likeness (QED) is 0.433. The molecule has 0 saturated carbocycles. The molecule has 5 nitrogen and oxygen atoms in total. The third-order valence-corrected chi connectivity index (χ3v) is 5.46. The molecule has 0 bridgehead atoms. The number of aryl methyl sites for hydroxylation is 1. The van der Waals surface area contributed by atoms with Crippen LogP contribution in [0.4, 0.5) is 11.5 Å². The fourth-order valence-electron chi connectivity index (χ4n) is 2.00. The summed E-state index contributed by atoms with van der Waals surface area (Å²) in [6, 6.07) is 7.58. The molecular formula is C17H20ClN3O2S. The number of nitrogens with zero attached hydrogens (tertiary/aromatic N) is 2. The molecule has 0 saturated heterocycles. The summed E-state index contributed by atoms with van der Waals surface area (Å²) in [4.78, 5) is 20.0. The topological polar surface area (TPSA) is 75.1 Å². The van der Waals surface area contributed by atoms with Crippen molar-refractivity contribution < 1.29 is 9.90 Å². The molecule has 0 radical (unpaired) electrons. The molecule has 0 aliphatic carbocycles. The van der Waals surface area contributed by atoms with Crippen molar-refractivity contribution in [3.05, 3.63) is 40.5 Å². The molecule has 2 rings (SSSR count). The normalized spacial score (nSPS) is 13.4. The number of benzene rings is 1. The van der Waals surface area contributed by atoms with E-state index in [1.54, 1.807) is 13.0 Å². The van der Waals surface area contributed by atoms with E-state index in [0.717, 1.165) is 23.0 Å². The molecule has 1 atom stereocenters. The molecule has 0 spiro atoms. The lowest BCUT2D eigenvalue weighted by Gasteiger charge is -2.21. The molecule has 128 valence electrons. The lowest BCUT2D eigenvalue weighted by molar-refractivity contribution is -0.139. The van der Waals surface area contributed by atoms with Crippen molar-refractivity contribution in [3.8, 4) is 0 Å². The summed E-state index contributed by atoms with van der Waals surface area (Å²) in [5, 5.41) is 13.2. The smallest absolute Gasteiger partial charge is 0.319 e. The van der Waals surface area contributed by atoms with Gasteiger partial charge in [0.15, 0.2) is 5.16 Å². The molecule has 2 aromatic rings. The van der Waals surface area contributed by atoms with Gasteiger partial charge in [-0.2, -0.15) is 0 Å². The van der Waals surface area contributed by atoms with Crippen LogP contribution in [0, 0.1) is 13.8 Å². The third kappa shape index (κ3) is 4.19. The number of carboxylic acids is 1. The largest absolute Gasteiger partial charge is 0.480 e. The van der Waals surface area contributed by atoms with Gasteiger partial charge in [-0.1, -0.05) is 42.4 Å². The van der Waals surface area contributed by atoms with Crippen molar-refractivity contribution in [3.63, 3.8) is 0 Å². The number of hydrogen-bond acceptors (Lipinski definition) is 5. The van der Waals surface area contributed by atoms with E-state index in [0.29, 0.717) is 17.4 Å². The Morgan fingerprint density at radius 1 is 1.38 bits per heavy atom. The average Bonchev–Trinajstić information content (AvgIpc) is 2.51. The standard InChI is InChI=1S/C17H20ClN3O2S/c1-5-17(4,15(22)23)24-16-20-13(18)9-14(21-16)19-12-8-6-7-10(2)11(12)3/h6-9H,5H2,1-4H3,(H,22,23)(H,19,20,21). The van der Waals surface area contributed by atoms with Crippen LogP contribution in [0.5, 0.6) is 0 Å². The zero-order chi connectivity index (χ0) is 17.9. The Bertz CT molecular complexity index is 769. The Morgan fingerprint density at radius 3 is 2.71 bits per heavy atom. The second-order valence-electron chi connectivity index (χ2n) is 5.72. The van der Waals surface area contributed by atoms with Crippen molar-refractivity contribution in [2.24, 2.45) is 0 Å². The summed E-state index contributed by atoms with van der Waals surface area (Å²) in [5.74, 6) is -0.363. The maximum absolute atomic E-state index is 11.5. The highest BCUT2D eigenvalue weighted by atomic mass is 35.5. The number of aliphatic carboxylic acids is 1. The number of thioether (sulfide) groups is 1. The van der Waals surface area contributed by atoms with Gasteiger partial charge < -0.3 is 10.4 Å². The fourth-order valence-corrected chi connectivity index (χ4v) is 3.16. The Kier molecular flexibility index (Phi) is 5.72.